The highest BCUT2D eigenvalue weighted by Gasteiger charge is 2.22. The van der Waals surface area contributed by atoms with Crippen LogP contribution in [0.3, 0.4) is 0 Å². The summed E-state index contributed by atoms with van der Waals surface area (Å²) >= 11 is 0. The summed E-state index contributed by atoms with van der Waals surface area (Å²) in [4.78, 5) is 19.6. The van der Waals surface area contributed by atoms with Crippen LogP contribution in [0.5, 0.6) is 0 Å². The Morgan fingerprint density at radius 1 is 1.36 bits per heavy atom. The van der Waals surface area contributed by atoms with E-state index in [1.54, 1.807) is 19.4 Å². The molecule has 152 valence electrons. The van der Waals surface area contributed by atoms with Crippen LogP contribution in [0, 0.1) is 5.92 Å². The SMILES string of the molecule is CNc1nc(N(C)Cc2nncn2C)c(C(=O)CCC2CCCCC2)cc1N. The number of nitrogens with zero attached hydrogens (tertiary/aromatic N) is 5. The zero-order valence-electron chi connectivity index (χ0n) is 17.1. The monoisotopic (exact) mass is 385 g/mol. The van der Waals surface area contributed by atoms with E-state index in [0.717, 1.165) is 12.2 Å². The van der Waals surface area contributed by atoms with Gasteiger partial charge in [-0.25, -0.2) is 4.98 Å². The van der Waals surface area contributed by atoms with E-state index < -0.39 is 0 Å². The van der Waals surface area contributed by atoms with E-state index in [4.69, 9.17) is 5.73 Å². The summed E-state index contributed by atoms with van der Waals surface area (Å²) in [6.45, 7) is 0.499. The first-order valence-corrected chi connectivity index (χ1v) is 10.0. The van der Waals surface area contributed by atoms with E-state index in [1.165, 1.54) is 32.1 Å². The molecule has 0 unspecified atom stereocenters. The number of aromatic nitrogens is 4. The second-order valence-electron chi connectivity index (χ2n) is 7.73. The molecule has 0 aliphatic heterocycles. The number of nitrogens with one attached hydrogen (secondary N) is 1. The lowest BCUT2D eigenvalue weighted by Crippen LogP contribution is -2.23. The minimum absolute atomic E-state index is 0.104. The molecule has 0 spiro atoms. The van der Waals surface area contributed by atoms with Gasteiger partial charge in [-0.1, -0.05) is 32.1 Å². The van der Waals surface area contributed by atoms with Crippen LogP contribution in [0.25, 0.3) is 0 Å². The van der Waals surface area contributed by atoms with Crippen molar-refractivity contribution in [3.63, 3.8) is 0 Å². The van der Waals surface area contributed by atoms with Gasteiger partial charge in [0, 0.05) is 27.6 Å². The second-order valence-corrected chi connectivity index (χ2v) is 7.73. The highest BCUT2D eigenvalue weighted by atomic mass is 16.1. The molecule has 0 bridgehead atoms. The Kier molecular flexibility index (Phi) is 6.49. The highest BCUT2D eigenvalue weighted by molar-refractivity contribution is 6.02. The molecule has 28 heavy (non-hydrogen) atoms. The summed E-state index contributed by atoms with van der Waals surface area (Å²) < 4.78 is 1.86. The number of carbonyl (C=O) groups excluding carboxylic acids is 1. The van der Waals surface area contributed by atoms with Crippen molar-refractivity contribution in [3.05, 3.63) is 23.8 Å². The van der Waals surface area contributed by atoms with E-state index in [-0.39, 0.29) is 5.78 Å². The molecule has 2 heterocycles. The molecule has 2 aromatic heterocycles. The van der Waals surface area contributed by atoms with Crippen molar-refractivity contribution in [1.29, 1.82) is 0 Å². The molecule has 8 heteroatoms. The zero-order chi connectivity index (χ0) is 20.1. The standard InChI is InChI=1S/C20H31N7O/c1-22-19-16(21)11-15(17(28)10-9-14-7-5-4-6-8-14)20(24-19)26(2)12-18-25-23-13-27(18)3/h11,13-14H,4-10,12,21H2,1-3H3,(H,22,24). The van der Waals surface area contributed by atoms with Gasteiger partial charge >= 0.3 is 0 Å². The summed E-state index contributed by atoms with van der Waals surface area (Å²) in [5.74, 6) is 2.76. The predicted molar refractivity (Wildman–Crippen MR) is 111 cm³/mol. The minimum atomic E-state index is 0.104. The number of pyridine rings is 1. The maximum atomic E-state index is 13.1. The van der Waals surface area contributed by atoms with Gasteiger partial charge in [-0.05, 0) is 18.4 Å². The quantitative estimate of drug-likeness (QED) is 0.673. The number of hydrogen-bond acceptors (Lipinski definition) is 7. The summed E-state index contributed by atoms with van der Waals surface area (Å²) in [6, 6.07) is 1.75. The number of Topliss-reactive ketones (excluding diaryl/α,β-unsaturated/α-hetero) is 1. The molecule has 1 saturated carbocycles. The van der Waals surface area contributed by atoms with Gasteiger partial charge in [-0.15, -0.1) is 10.2 Å². The van der Waals surface area contributed by atoms with Crippen LogP contribution in [0.4, 0.5) is 17.3 Å². The maximum absolute atomic E-state index is 13.1. The van der Waals surface area contributed by atoms with Crippen LogP contribution >= 0.6 is 0 Å². The van der Waals surface area contributed by atoms with Crippen molar-refractivity contribution >= 4 is 23.1 Å². The average Bonchev–Trinajstić information content (AvgIpc) is 3.11. The molecule has 1 fully saturated rings. The average molecular weight is 386 g/mol. The summed E-state index contributed by atoms with van der Waals surface area (Å²) in [5.41, 5.74) is 7.18. The Hall–Kier alpha value is -2.64. The van der Waals surface area contributed by atoms with E-state index in [2.05, 4.69) is 20.5 Å². The van der Waals surface area contributed by atoms with Crippen molar-refractivity contribution < 1.29 is 4.79 Å². The Bertz CT molecular complexity index is 811. The van der Waals surface area contributed by atoms with Gasteiger partial charge in [0.1, 0.15) is 12.1 Å². The molecule has 1 aliphatic carbocycles. The van der Waals surface area contributed by atoms with Crippen molar-refractivity contribution in [2.45, 2.75) is 51.5 Å². The van der Waals surface area contributed by atoms with Crippen molar-refractivity contribution in [2.24, 2.45) is 13.0 Å². The Morgan fingerprint density at radius 3 is 2.75 bits per heavy atom. The highest BCUT2D eigenvalue weighted by Crippen LogP contribution is 2.31. The van der Waals surface area contributed by atoms with Gasteiger partial charge in [0.25, 0.3) is 0 Å². The summed E-state index contributed by atoms with van der Waals surface area (Å²) in [5, 5.41) is 11.1. The molecule has 0 amide bonds. The zero-order valence-corrected chi connectivity index (χ0v) is 17.1. The Balaban J connectivity index is 1.80. The summed E-state index contributed by atoms with van der Waals surface area (Å²) in [7, 11) is 5.58. The molecule has 2 aromatic rings. The molecular formula is C20H31N7O. The molecular weight excluding hydrogens is 354 g/mol. The lowest BCUT2D eigenvalue weighted by molar-refractivity contribution is 0.0970. The number of carbonyl (C=O) groups is 1. The lowest BCUT2D eigenvalue weighted by atomic mass is 9.85. The molecule has 0 atom stereocenters. The number of nitrogen functional groups attached to an aromatic ring is 1. The smallest absolute Gasteiger partial charge is 0.166 e. The first-order valence-electron chi connectivity index (χ1n) is 10.0. The Labute approximate surface area is 166 Å². The Morgan fingerprint density at radius 2 is 2.11 bits per heavy atom. The van der Waals surface area contributed by atoms with Gasteiger partial charge in [0.15, 0.2) is 17.4 Å². The predicted octanol–water partition coefficient (Wildman–Crippen LogP) is 3.01. The van der Waals surface area contributed by atoms with Gasteiger partial charge in [0.2, 0.25) is 0 Å². The molecule has 0 radical (unpaired) electrons. The first kappa shape index (κ1) is 20.1. The van der Waals surface area contributed by atoms with Crippen LogP contribution in [0.1, 0.15) is 61.1 Å². The first-order chi connectivity index (χ1) is 13.5. The van der Waals surface area contributed by atoms with Crippen molar-refractivity contribution in [3.8, 4) is 0 Å². The molecule has 3 N–H and O–H groups in total. The molecule has 8 nitrogen and oxygen atoms in total. The van der Waals surface area contributed by atoms with Crippen molar-refractivity contribution in [1.82, 2.24) is 19.7 Å². The largest absolute Gasteiger partial charge is 0.396 e. The molecule has 3 rings (SSSR count). The molecule has 0 aromatic carbocycles. The fraction of sp³-hybridized carbons (Fsp3) is 0.600. The van der Waals surface area contributed by atoms with Crippen LogP contribution in [0.15, 0.2) is 12.4 Å². The van der Waals surface area contributed by atoms with Crippen molar-refractivity contribution in [2.75, 3.05) is 30.0 Å². The fourth-order valence-corrected chi connectivity index (χ4v) is 3.90. The second kappa shape index (κ2) is 9.03. The van der Waals surface area contributed by atoms with Crippen LogP contribution < -0.4 is 16.0 Å². The minimum Gasteiger partial charge on any atom is -0.396 e. The third-order valence-electron chi connectivity index (χ3n) is 5.62. The number of ketones is 1. The summed E-state index contributed by atoms with van der Waals surface area (Å²) in [6.07, 6.45) is 9.53. The van der Waals surface area contributed by atoms with Crippen LogP contribution in [-0.4, -0.2) is 39.6 Å². The van der Waals surface area contributed by atoms with E-state index in [1.807, 2.05) is 23.6 Å². The third-order valence-corrected chi connectivity index (χ3v) is 5.62. The van der Waals surface area contributed by atoms with Crippen LogP contribution in [0.2, 0.25) is 0 Å². The number of hydrogen-bond donors (Lipinski definition) is 2. The normalized spacial score (nSPS) is 14.8. The van der Waals surface area contributed by atoms with Gasteiger partial charge < -0.3 is 20.5 Å². The fourth-order valence-electron chi connectivity index (χ4n) is 3.90. The third kappa shape index (κ3) is 4.61. The number of anilines is 3. The van der Waals surface area contributed by atoms with Crippen LogP contribution in [-0.2, 0) is 13.6 Å². The number of rotatable bonds is 8. The lowest BCUT2D eigenvalue weighted by Gasteiger charge is -2.23. The van der Waals surface area contributed by atoms with E-state index in [9.17, 15) is 4.79 Å². The van der Waals surface area contributed by atoms with Gasteiger partial charge in [-0.2, -0.15) is 0 Å². The maximum Gasteiger partial charge on any atom is 0.166 e. The number of aryl methyl sites for hydroxylation is 1. The molecule has 0 saturated heterocycles. The number of nitrogens with two attached hydrogens (primary N) is 1. The van der Waals surface area contributed by atoms with E-state index >= 15 is 0 Å². The molecule has 1 aliphatic rings. The topological polar surface area (TPSA) is 102 Å². The van der Waals surface area contributed by atoms with Gasteiger partial charge in [-0.3, -0.25) is 4.79 Å². The van der Waals surface area contributed by atoms with E-state index in [0.29, 0.717) is 41.8 Å². The van der Waals surface area contributed by atoms with Gasteiger partial charge in [0.05, 0.1) is 17.8 Å².